The van der Waals surface area contributed by atoms with Crippen LogP contribution in [0.5, 0.6) is 0 Å². The SMILES string of the molecule is Cc1cc(-c2ccccc2)cc(C(=O)CNS(=O)(=O)C(C)C2CCCCC2)c1F. The van der Waals surface area contributed by atoms with E-state index in [1.807, 2.05) is 30.3 Å². The molecule has 1 saturated carbocycles. The standard InChI is InChI=1S/C23H28FNO3S/c1-16-13-20(19-11-7-4-8-12-19)14-21(23(16)24)22(26)15-25-29(27,28)17(2)18-9-5-3-6-10-18/h4,7-8,11-14,17-18,25H,3,5-6,9-10,15H2,1-2H3. The Hall–Kier alpha value is -2.05. The van der Waals surface area contributed by atoms with Crippen LogP contribution in [0, 0.1) is 18.7 Å². The van der Waals surface area contributed by atoms with Gasteiger partial charge >= 0.3 is 0 Å². The highest BCUT2D eigenvalue weighted by molar-refractivity contribution is 7.90. The summed E-state index contributed by atoms with van der Waals surface area (Å²) in [6.07, 6.45) is 5.01. The number of rotatable bonds is 7. The molecular weight excluding hydrogens is 389 g/mol. The molecule has 29 heavy (non-hydrogen) atoms. The lowest BCUT2D eigenvalue weighted by Crippen LogP contribution is -2.40. The van der Waals surface area contributed by atoms with Crippen LogP contribution in [0.3, 0.4) is 0 Å². The van der Waals surface area contributed by atoms with Crippen molar-refractivity contribution in [3.8, 4) is 11.1 Å². The lowest BCUT2D eigenvalue weighted by atomic mass is 9.87. The highest BCUT2D eigenvalue weighted by atomic mass is 32.2. The number of sulfonamides is 1. The lowest BCUT2D eigenvalue weighted by molar-refractivity contribution is 0.0993. The van der Waals surface area contributed by atoms with Crippen LogP contribution in [0.4, 0.5) is 4.39 Å². The molecule has 0 aliphatic heterocycles. The Morgan fingerprint density at radius 3 is 2.41 bits per heavy atom. The molecule has 1 unspecified atom stereocenters. The van der Waals surface area contributed by atoms with Gasteiger partial charge in [0.05, 0.1) is 17.4 Å². The van der Waals surface area contributed by atoms with Gasteiger partial charge in [-0.25, -0.2) is 17.5 Å². The number of hydrogen-bond donors (Lipinski definition) is 1. The van der Waals surface area contributed by atoms with Crippen molar-refractivity contribution >= 4 is 15.8 Å². The number of ketones is 1. The Balaban J connectivity index is 1.76. The van der Waals surface area contributed by atoms with Gasteiger partial charge in [0.25, 0.3) is 0 Å². The first-order chi connectivity index (χ1) is 13.8. The van der Waals surface area contributed by atoms with E-state index in [9.17, 15) is 17.6 Å². The number of halogens is 1. The van der Waals surface area contributed by atoms with E-state index in [4.69, 9.17) is 0 Å². The number of nitrogens with one attached hydrogen (secondary N) is 1. The van der Waals surface area contributed by atoms with Crippen LogP contribution in [0.2, 0.25) is 0 Å². The van der Waals surface area contributed by atoms with E-state index in [0.717, 1.165) is 43.2 Å². The van der Waals surface area contributed by atoms with Crippen molar-refractivity contribution in [3.63, 3.8) is 0 Å². The first-order valence-corrected chi connectivity index (χ1v) is 11.7. The van der Waals surface area contributed by atoms with E-state index in [1.165, 1.54) is 6.07 Å². The molecule has 3 rings (SSSR count). The molecule has 6 heteroatoms. The van der Waals surface area contributed by atoms with Crippen LogP contribution in [0.15, 0.2) is 42.5 Å². The maximum absolute atomic E-state index is 14.6. The summed E-state index contributed by atoms with van der Waals surface area (Å²) in [4.78, 5) is 12.7. The third-order valence-corrected chi connectivity index (χ3v) is 7.81. The van der Waals surface area contributed by atoms with Crippen molar-refractivity contribution in [3.05, 3.63) is 59.4 Å². The van der Waals surface area contributed by atoms with Gasteiger partial charge in [-0.2, -0.15) is 0 Å². The molecule has 4 nitrogen and oxygen atoms in total. The smallest absolute Gasteiger partial charge is 0.214 e. The molecule has 2 aromatic rings. The zero-order valence-electron chi connectivity index (χ0n) is 16.9. The minimum atomic E-state index is -3.64. The average molecular weight is 418 g/mol. The third kappa shape index (κ3) is 5.11. The molecule has 1 fully saturated rings. The highest BCUT2D eigenvalue weighted by Crippen LogP contribution is 2.29. The first-order valence-electron chi connectivity index (χ1n) is 10.2. The van der Waals surface area contributed by atoms with Crippen LogP contribution in [0.25, 0.3) is 11.1 Å². The fourth-order valence-electron chi connectivity index (χ4n) is 4.02. The molecule has 0 radical (unpaired) electrons. The predicted octanol–water partition coefficient (Wildman–Crippen LogP) is 4.87. The summed E-state index contributed by atoms with van der Waals surface area (Å²) in [5.74, 6) is -1.06. The Bertz CT molecular complexity index is 967. The Labute approximate surface area is 172 Å². The lowest BCUT2D eigenvalue weighted by Gasteiger charge is -2.27. The van der Waals surface area contributed by atoms with Crippen molar-refractivity contribution in [2.45, 2.75) is 51.2 Å². The number of benzene rings is 2. The Kier molecular flexibility index (Phi) is 6.85. The van der Waals surface area contributed by atoms with Crippen molar-refractivity contribution in [2.24, 2.45) is 5.92 Å². The van der Waals surface area contributed by atoms with E-state index in [-0.39, 0.29) is 11.5 Å². The summed E-state index contributed by atoms with van der Waals surface area (Å²) < 4.78 is 42.3. The van der Waals surface area contributed by atoms with Gasteiger partial charge in [0, 0.05) is 0 Å². The minimum absolute atomic E-state index is 0.0862. The number of carbonyl (C=O) groups excluding carboxylic acids is 1. The van der Waals surface area contributed by atoms with Crippen molar-refractivity contribution in [1.82, 2.24) is 4.72 Å². The normalized spacial score (nSPS) is 16.5. The summed E-state index contributed by atoms with van der Waals surface area (Å²) in [6.45, 7) is 2.87. The molecule has 0 spiro atoms. The van der Waals surface area contributed by atoms with E-state index in [2.05, 4.69) is 4.72 Å². The Morgan fingerprint density at radius 1 is 1.10 bits per heavy atom. The van der Waals surface area contributed by atoms with Crippen LogP contribution in [-0.2, 0) is 10.0 Å². The molecule has 156 valence electrons. The molecule has 1 aliphatic carbocycles. The van der Waals surface area contributed by atoms with E-state index < -0.39 is 33.4 Å². The maximum Gasteiger partial charge on any atom is 0.214 e. The zero-order valence-corrected chi connectivity index (χ0v) is 17.8. The topological polar surface area (TPSA) is 63.2 Å². The monoisotopic (exact) mass is 417 g/mol. The number of aryl methyl sites for hydroxylation is 1. The number of Topliss-reactive ketones (excluding diaryl/α,β-unsaturated/α-hetero) is 1. The van der Waals surface area contributed by atoms with Gasteiger partial charge in [0.15, 0.2) is 5.78 Å². The molecule has 2 aromatic carbocycles. The zero-order chi connectivity index (χ0) is 21.0. The molecule has 0 aromatic heterocycles. The van der Waals surface area contributed by atoms with Gasteiger partial charge in [0.1, 0.15) is 5.82 Å². The fourth-order valence-corrected chi connectivity index (χ4v) is 5.39. The van der Waals surface area contributed by atoms with Crippen molar-refractivity contribution < 1.29 is 17.6 Å². The maximum atomic E-state index is 14.6. The summed E-state index contributed by atoms with van der Waals surface area (Å²) in [6, 6.07) is 12.6. The molecule has 1 atom stereocenters. The summed E-state index contributed by atoms with van der Waals surface area (Å²) in [5, 5.41) is -0.558. The predicted molar refractivity (Wildman–Crippen MR) is 114 cm³/mol. The molecule has 0 saturated heterocycles. The second kappa shape index (κ2) is 9.18. The van der Waals surface area contributed by atoms with Crippen LogP contribution in [0.1, 0.15) is 54.9 Å². The van der Waals surface area contributed by atoms with Gasteiger partial charge in [-0.3, -0.25) is 4.79 Å². The van der Waals surface area contributed by atoms with Crippen molar-refractivity contribution in [2.75, 3.05) is 6.54 Å². The number of hydrogen-bond acceptors (Lipinski definition) is 3. The molecule has 0 heterocycles. The van der Waals surface area contributed by atoms with E-state index >= 15 is 0 Å². The minimum Gasteiger partial charge on any atom is -0.293 e. The second-order valence-electron chi connectivity index (χ2n) is 7.91. The quantitative estimate of drug-likeness (QED) is 0.654. The largest absolute Gasteiger partial charge is 0.293 e. The third-order valence-electron chi connectivity index (χ3n) is 5.90. The van der Waals surface area contributed by atoms with Gasteiger partial charge in [-0.05, 0) is 61.4 Å². The second-order valence-corrected chi connectivity index (χ2v) is 10.0. The highest BCUT2D eigenvalue weighted by Gasteiger charge is 2.31. The summed E-state index contributed by atoms with van der Waals surface area (Å²) >= 11 is 0. The molecule has 0 amide bonds. The van der Waals surface area contributed by atoms with Gasteiger partial charge in [-0.1, -0.05) is 49.6 Å². The van der Waals surface area contributed by atoms with Gasteiger partial charge < -0.3 is 0 Å². The van der Waals surface area contributed by atoms with Crippen LogP contribution in [-0.4, -0.2) is 26.0 Å². The molecule has 1 aliphatic rings. The summed E-state index contributed by atoms with van der Waals surface area (Å²) in [7, 11) is -3.64. The summed E-state index contributed by atoms with van der Waals surface area (Å²) in [5.41, 5.74) is 1.87. The van der Waals surface area contributed by atoms with E-state index in [1.54, 1.807) is 19.9 Å². The molecule has 1 N–H and O–H groups in total. The average Bonchev–Trinajstić information content (AvgIpc) is 2.74. The molecule has 0 bridgehead atoms. The van der Waals surface area contributed by atoms with Crippen LogP contribution < -0.4 is 4.72 Å². The Morgan fingerprint density at radius 2 is 1.76 bits per heavy atom. The fraction of sp³-hybridized carbons (Fsp3) is 0.435. The van der Waals surface area contributed by atoms with Gasteiger partial charge in [-0.15, -0.1) is 0 Å². The van der Waals surface area contributed by atoms with E-state index in [0.29, 0.717) is 5.56 Å². The van der Waals surface area contributed by atoms with Gasteiger partial charge in [0.2, 0.25) is 10.0 Å². The molecular formula is C23H28FNO3S. The van der Waals surface area contributed by atoms with Crippen LogP contribution >= 0.6 is 0 Å². The first kappa shape index (κ1) is 21.7. The van der Waals surface area contributed by atoms with Crippen molar-refractivity contribution in [1.29, 1.82) is 0 Å². The number of carbonyl (C=O) groups is 1.